The molecule has 35 heavy (non-hydrogen) atoms. The summed E-state index contributed by atoms with van der Waals surface area (Å²) >= 11 is 0. The molecule has 1 heterocycles. The van der Waals surface area contributed by atoms with Gasteiger partial charge >= 0.3 is 0 Å². The molecule has 3 aromatic carbocycles. The van der Waals surface area contributed by atoms with Crippen molar-refractivity contribution in [3.05, 3.63) is 95.6 Å². The molecular weight excluding hydrogens is 434 g/mol. The van der Waals surface area contributed by atoms with E-state index in [0.717, 1.165) is 42.7 Å². The van der Waals surface area contributed by atoms with Gasteiger partial charge in [0.25, 0.3) is 5.91 Å². The van der Waals surface area contributed by atoms with Gasteiger partial charge in [-0.15, -0.1) is 0 Å². The Morgan fingerprint density at radius 1 is 0.943 bits per heavy atom. The summed E-state index contributed by atoms with van der Waals surface area (Å²) in [4.78, 5) is 28.4. The number of anilines is 2. The van der Waals surface area contributed by atoms with E-state index in [9.17, 15) is 9.59 Å². The summed E-state index contributed by atoms with van der Waals surface area (Å²) in [5, 5.41) is 6.14. The van der Waals surface area contributed by atoms with Gasteiger partial charge in [-0.3, -0.25) is 9.59 Å². The zero-order valence-electron chi connectivity index (χ0n) is 20.7. The largest absolute Gasteiger partial charge is 0.371 e. The van der Waals surface area contributed by atoms with E-state index in [1.165, 1.54) is 0 Å². The lowest BCUT2D eigenvalue weighted by atomic mass is 9.97. The fourth-order valence-electron chi connectivity index (χ4n) is 4.55. The Morgan fingerprint density at radius 3 is 2.29 bits per heavy atom. The first-order valence-corrected chi connectivity index (χ1v) is 12.6. The average molecular weight is 470 g/mol. The summed E-state index contributed by atoms with van der Waals surface area (Å²) in [7, 11) is 0. The maximum Gasteiger partial charge on any atom is 0.253 e. The minimum Gasteiger partial charge on any atom is -0.371 e. The molecule has 2 amide bonds. The number of carbonyl (C=O) groups excluding carboxylic acids is 2. The van der Waals surface area contributed by atoms with E-state index in [2.05, 4.69) is 22.5 Å². The maximum atomic E-state index is 13.5. The van der Waals surface area contributed by atoms with Crippen LogP contribution in [0, 0.1) is 5.92 Å². The number of aryl methyl sites for hydroxylation is 1. The van der Waals surface area contributed by atoms with E-state index in [4.69, 9.17) is 0 Å². The highest BCUT2D eigenvalue weighted by Crippen LogP contribution is 2.29. The van der Waals surface area contributed by atoms with Gasteiger partial charge in [0.15, 0.2) is 0 Å². The van der Waals surface area contributed by atoms with Gasteiger partial charge in [-0.2, -0.15) is 0 Å². The number of rotatable bonds is 8. The van der Waals surface area contributed by atoms with Crippen molar-refractivity contribution in [2.45, 2.75) is 45.6 Å². The van der Waals surface area contributed by atoms with Crippen molar-refractivity contribution >= 4 is 23.2 Å². The third kappa shape index (κ3) is 6.72. The van der Waals surface area contributed by atoms with Crippen molar-refractivity contribution in [2.75, 3.05) is 23.3 Å². The van der Waals surface area contributed by atoms with Crippen molar-refractivity contribution in [1.29, 1.82) is 0 Å². The molecule has 3 aromatic rings. The van der Waals surface area contributed by atoms with E-state index in [-0.39, 0.29) is 17.9 Å². The molecule has 0 bridgehead atoms. The summed E-state index contributed by atoms with van der Waals surface area (Å²) in [6.45, 7) is 6.13. The van der Waals surface area contributed by atoms with Gasteiger partial charge in [-0.05, 0) is 61.4 Å². The highest BCUT2D eigenvalue weighted by atomic mass is 16.2. The van der Waals surface area contributed by atoms with Gasteiger partial charge in [-0.25, -0.2) is 0 Å². The van der Waals surface area contributed by atoms with Crippen LogP contribution in [-0.4, -0.2) is 24.9 Å². The lowest BCUT2D eigenvalue weighted by Gasteiger charge is -2.33. The van der Waals surface area contributed by atoms with Crippen LogP contribution in [0.25, 0.3) is 0 Å². The molecule has 5 nitrogen and oxygen atoms in total. The maximum absolute atomic E-state index is 13.5. The van der Waals surface area contributed by atoms with Gasteiger partial charge in [-0.1, -0.05) is 67.6 Å². The van der Waals surface area contributed by atoms with E-state index in [1.54, 1.807) is 0 Å². The summed E-state index contributed by atoms with van der Waals surface area (Å²) in [5.74, 6) is 0.512. The molecule has 0 radical (unpaired) electrons. The van der Waals surface area contributed by atoms with Gasteiger partial charge in [0.1, 0.15) is 0 Å². The standard InChI is InChI=1S/C30H35N3O2/c1-22-17-19-33(20-18-22)28-15-14-26(32-29(34)16-13-24-9-5-3-6-10-24)21-27(28)30(35)31-23(2)25-11-7-4-8-12-25/h3-12,14-15,21-23H,13,16-20H2,1-2H3,(H,31,35)(H,32,34). The van der Waals surface area contributed by atoms with E-state index < -0.39 is 0 Å². The topological polar surface area (TPSA) is 61.4 Å². The van der Waals surface area contributed by atoms with Crippen LogP contribution in [0.15, 0.2) is 78.9 Å². The number of nitrogens with zero attached hydrogens (tertiary/aromatic N) is 1. The molecule has 4 rings (SSSR count). The zero-order chi connectivity index (χ0) is 24.6. The van der Waals surface area contributed by atoms with Crippen LogP contribution in [0.3, 0.4) is 0 Å². The predicted octanol–water partition coefficient (Wildman–Crippen LogP) is 5.99. The first kappa shape index (κ1) is 24.5. The first-order valence-electron chi connectivity index (χ1n) is 12.6. The van der Waals surface area contributed by atoms with Crippen LogP contribution in [0.1, 0.15) is 60.6 Å². The number of hydrogen-bond acceptors (Lipinski definition) is 3. The van der Waals surface area contributed by atoms with Crippen LogP contribution < -0.4 is 15.5 Å². The highest BCUT2D eigenvalue weighted by molar-refractivity contribution is 6.02. The van der Waals surface area contributed by atoms with Crippen molar-refractivity contribution in [2.24, 2.45) is 5.92 Å². The van der Waals surface area contributed by atoms with Crippen LogP contribution in [0.2, 0.25) is 0 Å². The lowest BCUT2D eigenvalue weighted by molar-refractivity contribution is -0.116. The number of piperidine rings is 1. The Labute approximate surface area is 208 Å². The van der Waals surface area contributed by atoms with Crippen LogP contribution in [-0.2, 0) is 11.2 Å². The summed E-state index contributed by atoms with van der Waals surface area (Å²) in [6.07, 6.45) is 3.29. The van der Waals surface area contributed by atoms with E-state index in [0.29, 0.717) is 30.0 Å². The molecule has 0 spiro atoms. The summed E-state index contributed by atoms with van der Waals surface area (Å²) in [5.41, 5.74) is 4.36. The van der Waals surface area contributed by atoms with Crippen molar-refractivity contribution in [3.8, 4) is 0 Å². The normalized spacial score (nSPS) is 14.9. The number of nitrogens with one attached hydrogen (secondary N) is 2. The summed E-state index contributed by atoms with van der Waals surface area (Å²) in [6, 6.07) is 25.5. The molecule has 1 aliphatic heterocycles. The third-order valence-corrected chi connectivity index (χ3v) is 6.78. The zero-order valence-corrected chi connectivity index (χ0v) is 20.7. The molecule has 1 saturated heterocycles. The molecule has 1 unspecified atom stereocenters. The molecule has 182 valence electrons. The SMILES string of the molecule is CC1CCN(c2ccc(NC(=O)CCc3ccccc3)cc2C(=O)NC(C)c2ccccc2)CC1. The Bertz CT molecular complexity index is 1120. The van der Waals surface area contributed by atoms with Gasteiger partial charge < -0.3 is 15.5 Å². The van der Waals surface area contributed by atoms with Crippen LogP contribution >= 0.6 is 0 Å². The molecule has 1 aliphatic rings. The molecule has 1 atom stereocenters. The number of benzene rings is 3. The Morgan fingerprint density at radius 2 is 1.60 bits per heavy atom. The lowest BCUT2D eigenvalue weighted by Crippen LogP contribution is -2.35. The van der Waals surface area contributed by atoms with Gasteiger partial charge in [0.05, 0.1) is 11.6 Å². The Kier molecular flexibility index (Phi) is 8.19. The predicted molar refractivity (Wildman–Crippen MR) is 143 cm³/mol. The Balaban J connectivity index is 1.51. The molecule has 5 heteroatoms. The van der Waals surface area contributed by atoms with E-state index >= 15 is 0 Å². The Hall–Kier alpha value is -3.60. The molecular formula is C30H35N3O2. The van der Waals surface area contributed by atoms with Crippen molar-refractivity contribution < 1.29 is 9.59 Å². The first-order chi connectivity index (χ1) is 17.0. The van der Waals surface area contributed by atoms with Gasteiger partial charge in [0.2, 0.25) is 5.91 Å². The molecule has 0 aliphatic carbocycles. The van der Waals surface area contributed by atoms with Crippen molar-refractivity contribution in [1.82, 2.24) is 5.32 Å². The fraction of sp³-hybridized carbons (Fsp3) is 0.333. The molecule has 0 saturated carbocycles. The third-order valence-electron chi connectivity index (χ3n) is 6.78. The minimum absolute atomic E-state index is 0.0580. The molecule has 2 N–H and O–H groups in total. The van der Waals surface area contributed by atoms with Crippen LogP contribution in [0.5, 0.6) is 0 Å². The number of amides is 2. The van der Waals surface area contributed by atoms with Gasteiger partial charge in [0, 0.05) is 30.9 Å². The molecule has 1 fully saturated rings. The van der Waals surface area contributed by atoms with Crippen molar-refractivity contribution in [3.63, 3.8) is 0 Å². The average Bonchev–Trinajstić information content (AvgIpc) is 2.89. The smallest absolute Gasteiger partial charge is 0.253 e. The summed E-state index contributed by atoms with van der Waals surface area (Å²) < 4.78 is 0. The molecule has 0 aromatic heterocycles. The van der Waals surface area contributed by atoms with Crippen LogP contribution in [0.4, 0.5) is 11.4 Å². The monoisotopic (exact) mass is 469 g/mol. The second kappa shape index (κ2) is 11.7. The fourth-order valence-corrected chi connectivity index (χ4v) is 4.55. The van der Waals surface area contributed by atoms with E-state index in [1.807, 2.05) is 85.8 Å². The highest BCUT2D eigenvalue weighted by Gasteiger charge is 2.23. The number of hydrogen-bond donors (Lipinski definition) is 2. The second-order valence-corrected chi connectivity index (χ2v) is 9.54. The number of carbonyl (C=O) groups is 2. The second-order valence-electron chi connectivity index (χ2n) is 9.54. The minimum atomic E-state index is -0.129. The quantitative estimate of drug-likeness (QED) is 0.426.